The number of nitrogens with one attached hydrogen (secondary N) is 1. The number of ether oxygens (including phenoxy) is 1. The lowest BCUT2D eigenvalue weighted by molar-refractivity contribution is -0.141. The molecule has 0 aromatic carbocycles. The number of hydrogen-bond donors (Lipinski definition) is 1. The zero-order valence-corrected chi connectivity index (χ0v) is 13.2. The maximum atomic E-state index is 11.8. The summed E-state index contributed by atoms with van der Waals surface area (Å²) in [7, 11) is 1.42. The smallest absolute Gasteiger partial charge is 0.306 e. The highest BCUT2D eigenvalue weighted by Gasteiger charge is 2.44. The third-order valence-corrected chi connectivity index (χ3v) is 4.89. The fraction of sp³-hybridized carbons (Fsp3) is 0.533. The van der Waals surface area contributed by atoms with Crippen LogP contribution < -0.4 is 5.32 Å². The molecule has 21 heavy (non-hydrogen) atoms. The Morgan fingerprint density at radius 2 is 2.24 bits per heavy atom. The van der Waals surface area contributed by atoms with Crippen molar-refractivity contribution in [2.24, 2.45) is 5.41 Å². The molecule has 1 aliphatic rings. The van der Waals surface area contributed by atoms with E-state index in [0.29, 0.717) is 18.7 Å². The largest absolute Gasteiger partial charge is 0.469 e. The first-order valence-corrected chi connectivity index (χ1v) is 8.01. The van der Waals surface area contributed by atoms with Crippen LogP contribution in [0.25, 0.3) is 0 Å². The molecule has 6 heteroatoms. The van der Waals surface area contributed by atoms with Crippen LogP contribution in [-0.2, 0) is 9.53 Å². The molecule has 1 fully saturated rings. The Balaban J connectivity index is 1.93. The second-order valence-corrected chi connectivity index (χ2v) is 6.33. The second-order valence-electron chi connectivity index (χ2n) is 5.28. The van der Waals surface area contributed by atoms with Crippen LogP contribution >= 0.6 is 11.8 Å². The molecule has 1 heterocycles. The molecule has 2 rings (SSSR count). The zero-order chi connectivity index (χ0) is 15.3. The summed E-state index contributed by atoms with van der Waals surface area (Å²) >= 11 is 1.66. The fourth-order valence-electron chi connectivity index (χ4n) is 2.04. The first kappa shape index (κ1) is 15.8. The topological polar surface area (TPSA) is 68.3 Å². The number of esters is 1. The third-order valence-electron chi connectivity index (χ3n) is 3.55. The number of methoxy groups -OCH3 is 1. The highest BCUT2D eigenvalue weighted by Crippen LogP contribution is 2.52. The van der Waals surface area contributed by atoms with Gasteiger partial charge in [-0.05, 0) is 37.3 Å². The average molecular weight is 308 g/mol. The molecule has 1 N–H and O–H groups in total. The van der Waals surface area contributed by atoms with Gasteiger partial charge in [-0.25, -0.2) is 0 Å². The lowest BCUT2D eigenvalue weighted by Crippen LogP contribution is -2.23. The SMILES string of the molecule is CCNC(=O)c1cc(SCC2(CC(=O)OC)CC2)ccn1. The summed E-state index contributed by atoms with van der Waals surface area (Å²) < 4.78 is 4.74. The quantitative estimate of drug-likeness (QED) is 0.618. The summed E-state index contributed by atoms with van der Waals surface area (Å²) in [6, 6.07) is 3.69. The molecule has 0 radical (unpaired) electrons. The number of hydrogen-bond acceptors (Lipinski definition) is 5. The molecular weight excluding hydrogens is 288 g/mol. The monoisotopic (exact) mass is 308 g/mol. The summed E-state index contributed by atoms with van der Waals surface area (Å²) in [5.74, 6) is 0.558. The minimum atomic E-state index is -0.157. The van der Waals surface area contributed by atoms with Gasteiger partial charge in [0, 0.05) is 23.4 Å². The van der Waals surface area contributed by atoms with Gasteiger partial charge in [-0.1, -0.05) is 0 Å². The minimum absolute atomic E-state index is 0.0763. The second kappa shape index (κ2) is 6.93. The van der Waals surface area contributed by atoms with E-state index in [1.807, 2.05) is 13.0 Å². The van der Waals surface area contributed by atoms with Gasteiger partial charge in [-0.2, -0.15) is 0 Å². The molecule has 1 amide bonds. The van der Waals surface area contributed by atoms with Gasteiger partial charge in [0.05, 0.1) is 13.5 Å². The highest BCUT2D eigenvalue weighted by molar-refractivity contribution is 7.99. The van der Waals surface area contributed by atoms with Crippen LogP contribution in [0.3, 0.4) is 0 Å². The van der Waals surface area contributed by atoms with Crippen molar-refractivity contribution in [1.82, 2.24) is 10.3 Å². The summed E-state index contributed by atoms with van der Waals surface area (Å²) in [6.45, 7) is 2.46. The van der Waals surface area contributed by atoms with Crippen LogP contribution in [-0.4, -0.2) is 36.3 Å². The normalized spacial score (nSPS) is 15.3. The van der Waals surface area contributed by atoms with Crippen molar-refractivity contribution in [3.05, 3.63) is 24.0 Å². The van der Waals surface area contributed by atoms with Crippen molar-refractivity contribution < 1.29 is 14.3 Å². The predicted molar refractivity (Wildman–Crippen MR) is 81.3 cm³/mol. The maximum Gasteiger partial charge on any atom is 0.306 e. The van der Waals surface area contributed by atoms with Crippen molar-refractivity contribution in [2.75, 3.05) is 19.4 Å². The van der Waals surface area contributed by atoms with Gasteiger partial charge >= 0.3 is 5.97 Å². The zero-order valence-electron chi connectivity index (χ0n) is 12.3. The van der Waals surface area contributed by atoms with E-state index in [4.69, 9.17) is 4.74 Å². The Bertz CT molecular complexity index is 529. The molecule has 0 atom stereocenters. The maximum absolute atomic E-state index is 11.8. The Morgan fingerprint density at radius 3 is 2.86 bits per heavy atom. The molecule has 0 saturated heterocycles. The van der Waals surface area contributed by atoms with Crippen LogP contribution in [0.1, 0.15) is 36.7 Å². The molecule has 1 saturated carbocycles. The lowest BCUT2D eigenvalue weighted by atomic mass is 10.1. The number of amides is 1. The van der Waals surface area contributed by atoms with Crippen LogP contribution in [0.5, 0.6) is 0 Å². The molecule has 5 nitrogen and oxygen atoms in total. The van der Waals surface area contributed by atoms with Crippen LogP contribution in [0.2, 0.25) is 0 Å². The van der Waals surface area contributed by atoms with Crippen molar-refractivity contribution in [2.45, 2.75) is 31.1 Å². The van der Waals surface area contributed by atoms with Gasteiger partial charge < -0.3 is 10.1 Å². The van der Waals surface area contributed by atoms with Gasteiger partial charge in [0.1, 0.15) is 5.69 Å². The lowest BCUT2D eigenvalue weighted by Gasteiger charge is -2.13. The summed E-state index contributed by atoms with van der Waals surface area (Å²) in [5.41, 5.74) is 0.507. The average Bonchev–Trinajstić information content (AvgIpc) is 3.25. The molecule has 1 aliphatic carbocycles. The Morgan fingerprint density at radius 1 is 1.48 bits per heavy atom. The number of rotatable bonds is 7. The number of carbonyl (C=O) groups excluding carboxylic acids is 2. The number of carbonyl (C=O) groups is 2. The van der Waals surface area contributed by atoms with Gasteiger partial charge in [-0.3, -0.25) is 14.6 Å². The van der Waals surface area contributed by atoms with E-state index in [1.54, 1.807) is 24.0 Å². The Labute approximate surface area is 128 Å². The summed E-state index contributed by atoms with van der Waals surface area (Å²) in [4.78, 5) is 28.2. The highest BCUT2D eigenvalue weighted by atomic mass is 32.2. The van der Waals surface area contributed by atoms with E-state index in [2.05, 4.69) is 10.3 Å². The number of thioether (sulfide) groups is 1. The first-order valence-electron chi connectivity index (χ1n) is 7.02. The molecule has 0 aliphatic heterocycles. The predicted octanol–water partition coefficient (Wildman–Crippen LogP) is 2.27. The summed E-state index contributed by atoms with van der Waals surface area (Å²) in [5, 5.41) is 2.74. The van der Waals surface area contributed by atoms with Gasteiger partial charge in [0.2, 0.25) is 0 Å². The molecule has 0 bridgehead atoms. The number of pyridine rings is 1. The van der Waals surface area contributed by atoms with Gasteiger partial charge in [0.15, 0.2) is 0 Å². The van der Waals surface area contributed by atoms with E-state index >= 15 is 0 Å². The number of aromatic nitrogens is 1. The molecule has 1 aromatic heterocycles. The third kappa shape index (κ3) is 4.46. The van der Waals surface area contributed by atoms with Crippen molar-refractivity contribution >= 4 is 23.6 Å². The van der Waals surface area contributed by atoms with Crippen LogP contribution in [0.15, 0.2) is 23.2 Å². The summed E-state index contributed by atoms with van der Waals surface area (Å²) in [6.07, 6.45) is 4.24. The van der Waals surface area contributed by atoms with Crippen LogP contribution in [0, 0.1) is 5.41 Å². The molecule has 0 spiro atoms. The van der Waals surface area contributed by atoms with Gasteiger partial charge in [0.25, 0.3) is 5.91 Å². The van der Waals surface area contributed by atoms with E-state index < -0.39 is 0 Å². The van der Waals surface area contributed by atoms with Crippen molar-refractivity contribution in [3.63, 3.8) is 0 Å². The van der Waals surface area contributed by atoms with Crippen LogP contribution in [0.4, 0.5) is 0 Å². The fourth-order valence-corrected chi connectivity index (χ4v) is 3.26. The molecule has 1 aromatic rings. The van der Waals surface area contributed by atoms with Gasteiger partial charge in [-0.15, -0.1) is 11.8 Å². The van der Waals surface area contributed by atoms with Crippen molar-refractivity contribution in [1.29, 1.82) is 0 Å². The van der Waals surface area contributed by atoms with E-state index in [9.17, 15) is 9.59 Å². The number of nitrogens with zero attached hydrogens (tertiary/aromatic N) is 1. The standard InChI is InChI=1S/C15H20N2O3S/c1-3-16-14(19)12-8-11(4-7-17-12)21-10-15(5-6-15)9-13(18)20-2/h4,7-8H,3,5-6,9-10H2,1-2H3,(H,16,19). The Hall–Kier alpha value is -1.56. The van der Waals surface area contributed by atoms with Crippen molar-refractivity contribution in [3.8, 4) is 0 Å². The molecule has 0 unspecified atom stereocenters. The Kier molecular flexibility index (Phi) is 5.22. The molecule has 114 valence electrons. The van der Waals surface area contributed by atoms with E-state index in [1.165, 1.54) is 7.11 Å². The molecular formula is C15H20N2O3S. The van der Waals surface area contributed by atoms with E-state index in [0.717, 1.165) is 23.5 Å². The van der Waals surface area contributed by atoms with E-state index in [-0.39, 0.29) is 17.3 Å². The minimum Gasteiger partial charge on any atom is -0.469 e. The first-order chi connectivity index (χ1) is 10.1.